The molecule has 1 amide bonds. The summed E-state index contributed by atoms with van der Waals surface area (Å²) in [6.07, 6.45) is 2.39. The van der Waals surface area contributed by atoms with Crippen LogP contribution in [0.4, 0.5) is 15.8 Å². The minimum Gasteiger partial charge on any atom is -0.343 e. The third-order valence-electron chi connectivity index (χ3n) is 5.19. The highest BCUT2D eigenvalue weighted by atomic mass is 19.1. The van der Waals surface area contributed by atoms with Crippen molar-refractivity contribution in [3.05, 3.63) is 59.9 Å². The molecular weight excluding hydrogens is 361 g/mol. The molecule has 0 saturated carbocycles. The molecule has 4 rings (SSSR count). The number of benzene rings is 2. The summed E-state index contributed by atoms with van der Waals surface area (Å²) in [5.74, 6) is -3.48. The number of hydrogen-bond donors (Lipinski definition) is 2. The van der Waals surface area contributed by atoms with Crippen LogP contribution in [0, 0.1) is 5.82 Å². The van der Waals surface area contributed by atoms with Crippen molar-refractivity contribution in [2.75, 3.05) is 24.5 Å². The maximum absolute atomic E-state index is 13.3. The highest BCUT2D eigenvalue weighted by Gasteiger charge is 2.46. The van der Waals surface area contributed by atoms with Gasteiger partial charge in [0.15, 0.2) is 0 Å². The van der Waals surface area contributed by atoms with Crippen molar-refractivity contribution >= 4 is 23.0 Å². The molecule has 1 fully saturated rings. The number of anilines is 1. The molecule has 146 valence electrons. The summed E-state index contributed by atoms with van der Waals surface area (Å²) in [6, 6.07) is 12.1. The van der Waals surface area contributed by atoms with Gasteiger partial charge in [-0.25, -0.2) is 9.38 Å². The van der Waals surface area contributed by atoms with E-state index in [9.17, 15) is 19.4 Å². The predicted octanol–water partition coefficient (Wildman–Crippen LogP) is 2.42. The Morgan fingerprint density at radius 3 is 2.46 bits per heavy atom. The van der Waals surface area contributed by atoms with Crippen molar-refractivity contribution in [1.29, 1.82) is 0 Å². The molecule has 2 aromatic rings. The van der Waals surface area contributed by atoms with Gasteiger partial charge in [0, 0.05) is 18.5 Å². The van der Waals surface area contributed by atoms with Crippen molar-refractivity contribution in [1.82, 2.24) is 4.90 Å². The van der Waals surface area contributed by atoms with Gasteiger partial charge in [0.05, 0.1) is 11.4 Å². The average molecular weight is 383 g/mol. The summed E-state index contributed by atoms with van der Waals surface area (Å²) >= 11 is 0. The Bertz CT molecular complexity index is 905. The molecule has 2 heterocycles. The minimum absolute atomic E-state index is 0.110. The number of carbonyl (C=O) groups is 1. The van der Waals surface area contributed by atoms with E-state index in [2.05, 4.69) is 9.89 Å². The third kappa shape index (κ3) is 3.44. The molecule has 0 radical (unpaired) electrons. The number of fused-ring (bicyclic) bond motifs is 1. The number of para-hydroxylation sites is 2. The van der Waals surface area contributed by atoms with Gasteiger partial charge in [-0.05, 0) is 62.3 Å². The fraction of sp³-hybridized carbons (Fsp3) is 0.333. The van der Waals surface area contributed by atoms with E-state index in [1.54, 1.807) is 24.3 Å². The maximum atomic E-state index is 13.3. The van der Waals surface area contributed by atoms with Crippen LogP contribution in [0.25, 0.3) is 0 Å². The molecule has 28 heavy (non-hydrogen) atoms. The van der Waals surface area contributed by atoms with Crippen LogP contribution < -0.4 is 4.90 Å². The summed E-state index contributed by atoms with van der Waals surface area (Å²) in [7, 11) is 0. The fourth-order valence-corrected chi connectivity index (χ4v) is 3.76. The smallest absolute Gasteiger partial charge is 0.300 e. The number of aliphatic hydroxyl groups is 2. The maximum Gasteiger partial charge on any atom is 0.300 e. The zero-order valence-electron chi connectivity index (χ0n) is 15.4. The minimum atomic E-state index is -2.63. The first kappa shape index (κ1) is 18.7. The van der Waals surface area contributed by atoms with Gasteiger partial charge < -0.3 is 15.1 Å². The largest absolute Gasteiger partial charge is 0.343 e. The van der Waals surface area contributed by atoms with Gasteiger partial charge in [0.25, 0.3) is 5.91 Å². The van der Waals surface area contributed by atoms with Crippen LogP contribution in [-0.4, -0.2) is 52.3 Å². The number of likely N-dealkylation sites (tertiary alicyclic amines) is 1. The van der Waals surface area contributed by atoms with E-state index in [-0.39, 0.29) is 12.1 Å². The zero-order valence-corrected chi connectivity index (χ0v) is 15.4. The van der Waals surface area contributed by atoms with Crippen molar-refractivity contribution in [2.45, 2.75) is 25.2 Å². The number of aliphatic imine (C=N–C) groups is 1. The van der Waals surface area contributed by atoms with E-state index in [1.807, 2.05) is 0 Å². The molecule has 0 atom stereocenters. The number of nitrogens with zero attached hydrogens (tertiary/aromatic N) is 3. The number of rotatable bonds is 4. The van der Waals surface area contributed by atoms with Gasteiger partial charge in [-0.15, -0.1) is 0 Å². The molecule has 2 N–H and O–H groups in total. The quantitative estimate of drug-likeness (QED) is 0.795. The lowest BCUT2D eigenvalue weighted by molar-refractivity contribution is -0.137. The van der Waals surface area contributed by atoms with Crippen LogP contribution in [0.3, 0.4) is 0 Å². The van der Waals surface area contributed by atoms with Crippen molar-refractivity contribution < 1.29 is 19.4 Å². The normalized spacial score (nSPS) is 18.7. The van der Waals surface area contributed by atoms with E-state index in [1.165, 1.54) is 24.3 Å². The lowest BCUT2D eigenvalue weighted by Crippen LogP contribution is -2.59. The molecule has 0 spiro atoms. The molecule has 0 bridgehead atoms. The van der Waals surface area contributed by atoms with Gasteiger partial charge in [-0.3, -0.25) is 9.69 Å². The van der Waals surface area contributed by atoms with Gasteiger partial charge in [-0.2, -0.15) is 0 Å². The van der Waals surface area contributed by atoms with E-state index in [4.69, 9.17) is 0 Å². The molecule has 2 aliphatic rings. The Hall–Kier alpha value is -2.61. The highest BCUT2D eigenvalue weighted by Crippen LogP contribution is 2.39. The monoisotopic (exact) mass is 383 g/mol. The van der Waals surface area contributed by atoms with Crippen LogP contribution in [-0.2, 0) is 4.79 Å². The fourth-order valence-electron chi connectivity index (χ4n) is 3.76. The van der Waals surface area contributed by atoms with Crippen LogP contribution in [0.1, 0.15) is 24.8 Å². The summed E-state index contributed by atoms with van der Waals surface area (Å²) in [5.41, 5.74) is 1.01. The second-order valence-electron chi connectivity index (χ2n) is 7.12. The molecule has 1 saturated heterocycles. The Morgan fingerprint density at radius 2 is 1.75 bits per heavy atom. The standard InChI is InChI=1S/C21H22FN3O3/c22-16-9-7-15(8-10-16)20-21(27,28)25(18-6-2-1-5-17(18)23-20)19(26)11-14-24-12-3-4-13-24/h1-2,5-10,27-28H,3-4,11-14H2. The molecule has 7 heteroatoms. The Balaban J connectivity index is 1.69. The van der Waals surface area contributed by atoms with E-state index < -0.39 is 17.6 Å². The van der Waals surface area contributed by atoms with E-state index in [0.29, 0.717) is 23.5 Å². The molecule has 0 aromatic heterocycles. The Labute approximate surface area is 162 Å². The van der Waals surface area contributed by atoms with Crippen LogP contribution in [0.2, 0.25) is 0 Å². The first-order chi connectivity index (χ1) is 13.5. The molecule has 0 unspecified atom stereocenters. The van der Waals surface area contributed by atoms with Gasteiger partial charge in [-0.1, -0.05) is 12.1 Å². The van der Waals surface area contributed by atoms with Crippen LogP contribution in [0.5, 0.6) is 0 Å². The van der Waals surface area contributed by atoms with Crippen molar-refractivity contribution in [2.24, 2.45) is 4.99 Å². The second-order valence-corrected chi connectivity index (χ2v) is 7.12. The number of hydrogen-bond acceptors (Lipinski definition) is 5. The van der Waals surface area contributed by atoms with Crippen LogP contribution >= 0.6 is 0 Å². The average Bonchev–Trinajstić information content (AvgIpc) is 3.19. The lowest BCUT2D eigenvalue weighted by atomic mass is 10.0. The van der Waals surface area contributed by atoms with Crippen LogP contribution in [0.15, 0.2) is 53.5 Å². The van der Waals surface area contributed by atoms with Gasteiger partial charge >= 0.3 is 0 Å². The van der Waals surface area contributed by atoms with Gasteiger partial charge in [0.2, 0.25) is 5.91 Å². The topological polar surface area (TPSA) is 76.4 Å². The first-order valence-electron chi connectivity index (χ1n) is 9.41. The summed E-state index contributed by atoms with van der Waals surface area (Å²) in [6.45, 7) is 2.47. The Kier molecular flexibility index (Phi) is 4.97. The number of halogens is 1. The lowest BCUT2D eigenvalue weighted by Gasteiger charge is -2.39. The highest BCUT2D eigenvalue weighted by molar-refractivity contribution is 6.15. The summed E-state index contributed by atoms with van der Waals surface area (Å²) in [4.78, 5) is 20.6. The molecule has 2 aromatic carbocycles. The second kappa shape index (κ2) is 7.43. The summed E-state index contributed by atoms with van der Waals surface area (Å²) in [5, 5.41) is 21.9. The van der Waals surface area contributed by atoms with Crippen molar-refractivity contribution in [3.8, 4) is 0 Å². The predicted molar refractivity (Wildman–Crippen MR) is 104 cm³/mol. The SMILES string of the molecule is O=C(CCN1CCCC1)N1c2ccccc2N=C(c2ccc(F)cc2)C1(O)O. The number of amides is 1. The molecule has 2 aliphatic heterocycles. The van der Waals surface area contributed by atoms with Gasteiger partial charge in [0.1, 0.15) is 11.5 Å². The summed E-state index contributed by atoms with van der Waals surface area (Å²) < 4.78 is 13.3. The van der Waals surface area contributed by atoms with Crippen molar-refractivity contribution in [3.63, 3.8) is 0 Å². The number of carbonyl (C=O) groups excluding carboxylic acids is 1. The Morgan fingerprint density at radius 1 is 1.07 bits per heavy atom. The molecule has 0 aliphatic carbocycles. The third-order valence-corrected chi connectivity index (χ3v) is 5.19. The zero-order chi connectivity index (χ0) is 19.7. The molecule has 6 nitrogen and oxygen atoms in total. The van der Waals surface area contributed by atoms with E-state index >= 15 is 0 Å². The van der Waals surface area contributed by atoms with E-state index in [0.717, 1.165) is 30.8 Å². The molecular formula is C21H22FN3O3. The first-order valence-corrected chi connectivity index (χ1v) is 9.41.